The van der Waals surface area contributed by atoms with Crippen LogP contribution in [-0.4, -0.2) is 52.2 Å². The lowest BCUT2D eigenvalue weighted by Crippen LogP contribution is -2.40. The van der Waals surface area contributed by atoms with Crippen LogP contribution < -0.4 is 5.73 Å². The summed E-state index contributed by atoms with van der Waals surface area (Å²) in [7, 11) is 0. The molecule has 3 atom stereocenters. The molecule has 0 bridgehead atoms. The van der Waals surface area contributed by atoms with Crippen LogP contribution in [0.15, 0.2) is 0 Å². The maximum absolute atomic E-state index is 12.2. The Morgan fingerprint density at radius 3 is 2.50 bits per heavy atom. The fraction of sp³-hybridized carbons (Fsp3) is 0.857. The Kier molecular flexibility index (Phi) is 6.42. The highest BCUT2D eigenvalue weighted by atomic mass is 16.4. The number of likely N-dealkylation sites (tertiary alicyclic amines) is 1. The second kappa shape index (κ2) is 7.59. The van der Waals surface area contributed by atoms with Crippen LogP contribution in [0.25, 0.3) is 0 Å². The van der Waals surface area contributed by atoms with Crippen molar-refractivity contribution < 1.29 is 19.8 Å². The molecule has 0 aliphatic carbocycles. The van der Waals surface area contributed by atoms with Crippen molar-refractivity contribution in [2.24, 2.45) is 17.6 Å². The Morgan fingerprint density at radius 2 is 2.00 bits per heavy atom. The number of aliphatic hydroxyl groups is 1. The lowest BCUT2D eigenvalue weighted by atomic mass is 9.88. The van der Waals surface area contributed by atoms with Crippen molar-refractivity contribution in [1.29, 1.82) is 0 Å². The van der Waals surface area contributed by atoms with E-state index in [2.05, 4.69) is 13.8 Å². The molecule has 0 aromatic heterocycles. The van der Waals surface area contributed by atoms with Crippen molar-refractivity contribution in [3.05, 3.63) is 0 Å². The summed E-state index contributed by atoms with van der Waals surface area (Å²) >= 11 is 0. The SMILES string of the molecule is CC(C)C(CCN)CCC(=O)N1C[C@@H](O)C[C@H]1C(=O)O. The fourth-order valence-corrected chi connectivity index (χ4v) is 2.80. The third-order valence-corrected chi connectivity index (χ3v) is 4.09. The molecule has 1 saturated heterocycles. The number of amides is 1. The molecule has 0 aromatic carbocycles. The molecule has 0 saturated carbocycles. The van der Waals surface area contributed by atoms with Crippen LogP contribution in [0.5, 0.6) is 0 Å². The monoisotopic (exact) mass is 286 g/mol. The van der Waals surface area contributed by atoms with E-state index in [9.17, 15) is 14.7 Å². The van der Waals surface area contributed by atoms with Gasteiger partial charge in [0.2, 0.25) is 5.91 Å². The molecule has 1 fully saturated rings. The lowest BCUT2D eigenvalue weighted by Gasteiger charge is -2.24. The topological polar surface area (TPSA) is 104 Å². The molecule has 0 aromatic rings. The van der Waals surface area contributed by atoms with Crippen LogP contribution in [0.2, 0.25) is 0 Å². The van der Waals surface area contributed by atoms with Crippen LogP contribution in [0.4, 0.5) is 0 Å². The van der Waals surface area contributed by atoms with Crippen molar-refractivity contribution in [1.82, 2.24) is 4.90 Å². The van der Waals surface area contributed by atoms with Gasteiger partial charge in [0.1, 0.15) is 6.04 Å². The molecule has 20 heavy (non-hydrogen) atoms. The van der Waals surface area contributed by atoms with Crippen molar-refractivity contribution in [2.75, 3.05) is 13.1 Å². The average molecular weight is 286 g/mol. The molecular formula is C14H26N2O4. The van der Waals surface area contributed by atoms with Gasteiger partial charge in [-0.15, -0.1) is 0 Å². The van der Waals surface area contributed by atoms with E-state index in [1.54, 1.807) is 0 Å². The first-order chi connectivity index (χ1) is 9.36. The van der Waals surface area contributed by atoms with E-state index in [-0.39, 0.29) is 18.9 Å². The van der Waals surface area contributed by atoms with Gasteiger partial charge in [-0.3, -0.25) is 4.79 Å². The number of aliphatic carboxylic acids is 1. The van der Waals surface area contributed by atoms with Gasteiger partial charge in [-0.05, 0) is 31.2 Å². The van der Waals surface area contributed by atoms with E-state index in [1.165, 1.54) is 4.90 Å². The summed E-state index contributed by atoms with van der Waals surface area (Å²) in [5.74, 6) is -0.403. The van der Waals surface area contributed by atoms with Gasteiger partial charge >= 0.3 is 5.97 Å². The number of nitrogens with zero attached hydrogens (tertiary/aromatic N) is 1. The number of β-amino-alcohol motifs (C(OH)–C–C–N with tert-alkyl or cyclic N) is 1. The summed E-state index contributed by atoms with van der Waals surface area (Å²) in [5.41, 5.74) is 5.57. The number of carbonyl (C=O) groups excluding carboxylic acids is 1. The molecule has 0 radical (unpaired) electrons. The minimum Gasteiger partial charge on any atom is -0.480 e. The summed E-state index contributed by atoms with van der Waals surface area (Å²) in [4.78, 5) is 24.5. The van der Waals surface area contributed by atoms with Crippen LogP contribution in [0, 0.1) is 11.8 Å². The van der Waals surface area contributed by atoms with Crippen molar-refractivity contribution in [2.45, 2.75) is 51.7 Å². The Labute approximate surface area is 119 Å². The van der Waals surface area contributed by atoms with Crippen LogP contribution in [0.3, 0.4) is 0 Å². The zero-order valence-corrected chi connectivity index (χ0v) is 12.3. The number of hydrogen-bond donors (Lipinski definition) is 3. The first kappa shape index (κ1) is 16.9. The Bertz CT molecular complexity index is 346. The van der Waals surface area contributed by atoms with E-state index < -0.39 is 18.1 Å². The number of carboxylic acid groups (broad SMARTS) is 1. The molecule has 1 amide bonds. The van der Waals surface area contributed by atoms with E-state index in [1.807, 2.05) is 0 Å². The number of aliphatic hydroxyl groups excluding tert-OH is 1. The Balaban J connectivity index is 2.55. The summed E-state index contributed by atoms with van der Waals surface area (Å²) in [6.07, 6.45) is 1.30. The standard InChI is InChI=1S/C14H26N2O4/c1-9(2)10(5-6-15)3-4-13(18)16-8-11(17)7-12(16)14(19)20/h9-12,17H,3-8,15H2,1-2H3,(H,19,20)/t10?,11-,12-/m0/s1. The van der Waals surface area contributed by atoms with Gasteiger partial charge in [0.15, 0.2) is 0 Å². The minimum absolute atomic E-state index is 0.123. The van der Waals surface area contributed by atoms with Gasteiger partial charge in [0.25, 0.3) is 0 Å². The highest BCUT2D eigenvalue weighted by Gasteiger charge is 2.38. The molecule has 4 N–H and O–H groups in total. The zero-order valence-electron chi connectivity index (χ0n) is 12.3. The Morgan fingerprint density at radius 1 is 1.35 bits per heavy atom. The van der Waals surface area contributed by atoms with E-state index >= 15 is 0 Å². The number of rotatable bonds is 7. The molecule has 1 aliphatic heterocycles. The molecule has 1 heterocycles. The number of carboxylic acids is 1. The van der Waals surface area contributed by atoms with E-state index in [0.717, 1.165) is 6.42 Å². The minimum atomic E-state index is -1.04. The summed E-state index contributed by atoms with van der Waals surface area (Å²) in [5, 5.41) is 18.6. The van der Waals surface area contributed by atoms with Gasteiger partial charge in [-0.25, -0.2) is 4.79 Å². The van der Waals surface area contributed by atoms with E-state index in [0.29, 0.717) is 31.2 Å². The summed E-state index contributed by atoms with van der Waals surface area (Å²) in [6.45, 7) is 4.92. The summed E-state index contributed by atoms with van der Waals surface area (Å²) in [6, 6.07) is -0.885. The van der Waals surface area contributed by atoms with Crippen molar-refractivity contribution in [3.8, 4) is 0 Å². The van der Waals surface area contributed by atoms with Crippen LogP contribution in [0.1, 0.15) is 39.5 Å². The molecule has 6 nitrogen and oxygen atoms in total. The van der Waals surface area contributed by atoms with Gasteiger partial charge in [0, 0.05) is 19.4 Å². The molecule has 1 unspecified atom stereocenters. The second-order valence-corrected chi connectivity index (χ2v) is 5.91. The van der Waals surface area contributed by atoms with Gasteiger partial charge < -0.3 is 20.8 Å². The van der Waals surface area contributed by atoms with Crippen LogP contribution in [-0.2, 0) is 9.59 Å². The number of nitrogens with two attached hydrogens (primary N) is 1. The molecular weight excluding hydrogens is 260 g/mol. The molecule has 0 spiro atoms. The van der Waals surface area contributed by atoms with Gasteiger partial charge in [-0.2, -0.15) is 0 Å². The van der Waals surface area contributed by atoms with Gasteiger partial charge in [0.05, 0.1) is 6.10 Å². The van der Waals surface area contributed by atoms with Gasteiger partial charge in [-0.1, -0.05) is 13.8 Å². The average Bonchev–Trinajstić information content (AvgIpc) is 2.76. The number of hydrogen-bond acceptors (Lipinski definition) is 4. The maximum Gasteiger partial charge on any atom is 0.326 e. The third kappa shape index (κ3) is 4.45. The third-order valence-electron chi connectivity index (χ3n) is 4.09. The second-order valence-electron chi connectivity index (χ2n) is 5.91. The number of carbonyl (C=O) groups is 2. The fourth-order valence-electron chi connectivity index (χ4n) is 2.80. The quantitative estimate of drug-likeness (QED) is 0.630. The first-order valence-corrected chi connectivity index (χ1v) is 7.27. The Hall–Kier alpha value is -1.14. The van der Waals surface area contributed by atoms with E-state index in [4.69, 9.17) is 10.8 Å². The largest absolute Gasteiger partial charge is 0.480 e. The predicted octanol–water partition coefficient (Wildman–Crippen LogP) is 0.434. The predicted molar refractivity (Wildman–Crippen MR) is 75.0 cm³/mol. The molecule has 116 valence electrons. The van der Waals surface area contributed by atoms with Crippen LogP contribution >= 0.6 is 0 Å². The smallest absolute Gasteiger partial charge is 0.326 e. The first-order valence-electron chi connectivity index (χ1n) is 7.27. The maximum atomic E-state index is 12.2. The molecule has 6 heteroatoms. The molecule has 1 aliphatic rings. The lowest BCUT2D eigenvalue weighted by molar-refractivity contribution is -0.148. The summed E-state index contributed by atoms with van der Waals surface area (Å²) < 4.78 is 0. The zero-order chi connectivity index (χ0) is 15.3. The van der Waals surface area contributed by atoms with Crippen molar-refractivity contribution in [3.63, 3.8) is 0 Å². The normalized spacial score (nSPS) is 24.1. The highest BCUT2D eigenvalue weighted by Crippen LogP contribution is 2.24. The van der Waals surface area contributed by atoms with Crippen molar-refractivity contribution >= 4 is 11.9 Å². The molecule has 1 rings (SSSR count). The highest BCUT2D eigenvalue weighted by molar-refractivity contribution is 5.84.